The summed E-state index contributed by atoms with van der Waals surface area (Å²) < 4.78 is 16.7. The van der Waals surface area contributed by atoms with Crippen LogP contribution in [0.1, 0.15) is 28.9 Å². The second-order valence-corrected chi connectivity index (χ2v) is 7.61. The van der Waals surface area contributed by atoms with Crippen molar-refractivity contribution < 1.29 is 38.8 Å². The summed E-state index contributed by atoms with van der Waals surface area (Å²) in [5.74, 6) is -0.930. The highest BCUT2D eigenvalue weighted by Crippen LogP contribution is 2.33. The van der Waals surface area contributed by atoms with Crippen molar-refractivity contribution in [1.29, 1.82) is 0 Å². The number of Topliss-reactive ketones (excluding diaryl/α,β-unsaturated/α-hetero) is 1. The number of aromatic hydroxyl groups is 1. The average Bonchev–Trinajstić information content (AvgIpc) is 2.86. The number of benzene rings is 3. The normalized spacial score (nSPS) is 12.4. The summed E-state index contributed by atoms with van der Waals surface area (Å²) in [4.78, 5) is 35.6. The minimum atomic E-state index is -1.22. The first kappa shape index (κ1) is 25.8. The van der Waals surface area contributed by atoms with Crippen molar-refractivity contribution in [3.8, 4) is 17.2 Å². The van der Waals surface area contributed by atoms with Gasteiger partial charge < -0.3 is 24.4 Å². The molecule has 0 saturated carbocycles. The van der Waals surface area contributed by atoms with Gasteiger partial charge in [-0.1, -0.05) is 24.3 Å². The third-order valence-electron chi connectivity index (χ3n) is 5.05. The Labute approximate surface area is 207 Å². The summed E-state index contributed by atoms with van der Waals surface area (Å²) in [5.41, 5.74) is 1.19. The summed E-state index contributed by atoms with van der Waals surface area (Å²) >= 11 is 0. The van der Waals surface area contributed by atoms with Gasteiger partial charge in [0.05, 0.1) is 7.11 Å². The topological polar surface area (TPSA) is 131 Å². The van der Waals surface area contributed by atoms with Crippen LogP contribution in [0.3, 0.4) is 0 Å². The number of carbonyl (C=O) groups is 3. The van der Waals surface area contributed by atoms with Gasteiger partial charge in [0.15, 0.2) is 29.5 Å². The predicted octanol–water partition coefficient (Wildman–Crippen LogP) is 4.98. The first-order chi connectivity index (χ1) is 17.3. The maximum Gasteiger partial charge on any atom is 0.412 e. The number of carboxylic acids is 1. The van der Waals surface area contributed by atoms with Gasteiger partial charge in [0, 0.05) is 22.9 Å². The molecule has 0 fully saturated rings. The molecule has 3 rings (SSSR count). The van der Waals surface area contributed by atoms with E-state index in [0.29, 0.717) is 22.6 Å². The van der Waals surface area contributed by atoms with Gasteiger partial charge in [0.25, 0.3) is 0 Å². The number of carbonyl (C=O) groups excluding carboxylic acids is 2. The molecule has 1 amide bonds. The zero-order chi connectivity index (χ0) is 26.1. The maximum absolute atomic E-state index is 12.8. The molecule has 0 aliphatic rings. The number of phenolic OH excluding ortho intramolecular Hbond substituents is 1. The molecule has 0 aliphatic carbocycles. The lowest BCUT2D eigenvalue weighted by Gasteiger charge is -2.26. The molecule has 36 heavy (non-hydrogen) atoms. The Hall–Kier alpha value is -4.79. The maximum atomic E-state index is 12.8. The van der Waals surface area contributed by atoms with Gasteiger partial charge in [-0.2, -0.15) is 0 Å². The van der Waals surface area contributed by atoms with Gasteiger partial charge in [-0.15, -0.1) is 0 Å². The van der Waals surface area contributed by atoms with Gasteiger partial charge >= 0.3 is 12.1 Å². The smallest absolute Gasteiger partial charge is 0.412 e. The molecule has 3 N–H and O–H groups in total. The molecule has 3 aromatic carbocycles. The number of hydrogen-bond acceptors (Lipinski definition) is 7. The summed E-state index contributed by atoms with van der Waals surface area (Å²) in [6.45, 7) is 1.43. The fourth-order valence-corrected chi connectivity index (χ4v) is 3.30. The van der Waals surface area contributed by atoms with E-state index in [-0.39, 0.29) is 17.3 Å². The molecule has 0 unspecified atom stereocenters. The number of hydrogen-bond donors (Lipinski definition) is 3. The summed E-state index contributed by atoms with van der Waals surface area (Å²) in [5, 5.41) is 22.1. The molecule has 0 heterocycles. The minimum Gasteiger partial charge on any atom is -0.504 e. The fourth-order valence-electron chi connectivity index (χ4n) is 3.30. The number of amides is 1. The Morgan fingerprint density at radius 3 is 2.25 bits per heavy atom. The Bertz CT molecular complexity index is 1240. The van der Waals surface area contributed by atoms with Crippen LogP contribution in [-0.2, 0) is 9.53 Å². The molecule has 0 spiro atoms. The number of ketones is 1. The molecule has 9 nitrogen and oxygen atoms in total. The Morgan fingerprint density at radius 1 is 0.972 bits per heavy atom. The number of rotatable bonds is 10. The van der Waals surface area contributed by atoms with E-state index in [9.17, 15) is 24.6 Å². The number of methoxy groups -OCH3 is 1. The summed E-state index contributed by atoms with van der Waals surface area (Å²) in [7, 11) is 1.39. The largest absolute Gasteiger partial charge is 0.504 e. The molecule has 0 saturated heterocycles. The van der Waals surface area contributed by atoms with E-state index in [0.717, 1.165) is 6.08 Å². The van der Waals surface area contributed by atoms with Crippen LogP contribution < -0.4 is 14.8 Å². The zero-order valence-corrected chi connectivity index (χ0v) is 19.6. The second-order valence-electron chi connectivity index (χ2n) is 7.61. The monoisotopic (exact) mass is 491 g/mol. The lowest BCUT2D eigenvalue weighted by Crippen LogP contribution is -2.29. The molecule has 0 radical (unpaired) electrons. The third-order valence-corrected chi connectivity index (χ3v) is 5.05. The fraction of sp³-hybridized carbons (Fsp3) is 0.148. The van der Waals surface area contributed by atoms with Gasteiger partial charge in [-0.3, -0.25) is 10.1 Å². The molecule has 0 bridgehead atoms. The first-order valence-corrected chi connectivity index (χ1v) is 10.8. The molecule has 9 heteroatoms. The number of phenols is 1. The van der Waals surface area contributed by atoms with Gasteiger partial charge in [0.1, 0.15) is 5.75 Å². The van der Waals surface area contributed by atoms with Crippen LogP contribution in [0, 0.1) is 0 Å². The summed E-state index contributed by atoms with van der Waals surface area (Å²) in [6, 6.07) is 19.2. The Morgan fingerprint density at radius 2 is 1.67 bits per heavy atom. The highest BCUT2D eigenvalue weighted by atomic mass is 16.6. The molecule has 186 valence electrons. The predicted molar refractivity (Wildman–Crippen MR) is 132 cm³/mol. The van der Waals surface area contributed by atoms with Crippen LogP contribution in [0.25, 0.3) is 0 Å². The zero-order valence-electron chi connectivity index (χ0n) is 19.6. The van der Waals surface area contributed by atoms with E-state index in [1.54, 1.807) is 60.7 Å². The van der Waals surface area contributed by atoms with Gasteiger partial charge in [0.2, 0.25) is 0 Å². The van der Waals surface area contributed by atoms with Crippen LogP contribution in [0.5, 0.6) is 17.2 Å². The van der Waals surface area contributed by atoms with Crippen LogP contribution in [0.4, 0.5) is 10.5 Å². The highest BCUT2D eigenvalue weighted by Gasteiger charge is 2.29. The first-order valence-electron chi connectivity index (χ1n) is 10.8. The van der Waals surface area contributed by atoms with Crippen molar-refractivity contribution in [2.24, 2.45) is 0 Å². The molecule has 0 aliphatic heterocycles. The quantitative estimate of drug-likeness (QED) is 0.267. The van der Waals surface area contributed by atoms with Crippen molar-refractivity contribution in [2.45, 2.75) is 19.1 Å². The van der Waals surface area contributed by atoms with Gasteiger partial charge in [-0.25, -0.2) is 9.59 Å². The number of para-hydroxylation sites is 1. The lowest BCUT2D eigenvalue weighted by atomic mass is 10.0. The van der Waals surface area contributed by atoms with Crippen LogP contribution in [0.15, 0.2) is 84.9 Å². The summed E-state index contributed by atoms with van der Waals surface area (Å²) in [6.07, 6.45) is -0.991. The van der Waals surface area contributed by atoms with Crippen molar-refractivity contribution >= 4 is 23.5 Å². The lowest BCUT2D eigenvalue weighted by molar-refractivity contribution is -0.131. The molecule has 3 aromatic rings. The molecular formula is C27H25NO8. The Kier molecular flexibility index (Phi) is 8.66. The van der Waals surface area contributed by atoms with Crippen molar-refractivity contribution in [2.75, 3.05) is 12.4 Å². The minimum absolute atomic E-state index is 0.116. The number of aliphatic carboxylic acids is 1. The average molecular weight is 491 g/mol. The van der Waals surface area contributed by atoms with Crippen LogP contribution in [0.2, 0.25) is 0 Å². The standard InChI is InChI=1S/C27H25NO8/c1-17(29)18-8-11-20(12-9-18)28-27(33)36-26(19-10-13-23(34-2)22(30)16-19)24(14-15-25(31)32)35-21-6-4-3-5-7-21/h3-16,24,26,30H,1-2H3,(H,28,33)(H,31,32)/b15-14+/t24-,26-/m1/s1. The van der Waals surface area contributed by atoms with E-state index < -0.39 is 24.3 Å². The third kappa shape index (κ3) is 7.10. The Balaban J connectivity index is 1.94. The van der Waals surface area contributed by atoms with E-state index >= 15 is 0 Å². The number of carboxylic acid groups (broad SMARTS) is 1. The van der Waals surface area contributed by atoms with Crippen LogP contribution >= 0.6 is 0 Å². The van der Waals surface area contributed by atoms with E-state index in [1.165, 1.54) is 32.2 Å². The van der Waals surface area contributed by atoms with E-state index in [4.69, 9.17) is 14.2 Å². The molecule has 2 atom stereocenters. The van der Waals surface area contributed by atoms with E-state index in [1.807, 2.05) is 0 Å². The van der Waals surface area contributed by atoms with Crippen molar-refractivity contribution in [3.05, 3.63) is 96.1 Å². The van der Waals surface area contributed by atoms with Crippen LogP contribution in [-0.4, -0.2) is 41.3 Å². The highest BCUT2D eigenvalue weighted by molar-refractivity contribution is 5.95. The molecular weight excluding hydrogens is 466 g/mol. The number of anilines is 1. The molecule has 0 aromatic heterocycles. The van der Waals surface area contributed by atoms with Gasteiger partial charge in [-0.05, 0) is 61.5 Å². The van der Waals surface area contributed by atoms with Crippen molar-refractivity contribution in [3.63, 3.8) is 0 Å². The van der Waals surface area contributed by atoms with Crippen molar-refractivity contribution in [1.82, 2.24) is 0 Å². The second kappa shape index (κ2) is 12.1. The SMILES string of the molecule is COc1ccc([C@@H](OC(=O)Nc2ccc(C(C)=O)cc2)[C@@H](/C=C/C(=O)O)Oc2ccccc2)cc1O. The number of nitrogens with one attached hydrogen (secondary N) is 1. The van der Waals surface area contributed by atoms with E-state index in [2.05, 4.69) is 5.32 Å². The number of ether oxygens (including phenoxy) is 3.